The van der Waals surface area contributed by atoms with Crippen LogP contribution in [-0.2, 0) is 0 Å². The van der Waals surface area contributed by atoms with Gasteiger partial charge in [-0.3, -0.25) is 0 Å². The minimum Gasteiger partial charge on any atom is -0.212 e. The highest BCUT2D eigenvalue weighted by Gasteiger charge is 2.19. The molecule has 0 N–H and O–H groups in total. The van der Waals surface area contributed by atoms with Crippen LogP contribution in [0.2, 0.25) is 0 Å². The van der Waals surface area contributed by atoms with E-state index in [2.05, 4.69) is 6.92 Å². The van der Waals surface area contributed by atoms with E-state index in [0.717, 1.165) is 5.92 Å². The van der Waals surface area contributed by atoms with Crippen LogP contribution in [0.15, 0.2) is 30.6 Å². The molecule has 0 radical (unpaired) electrons. The maximum Gasteiger partial charge on any atom is 0.158 e. The zero-order chi connectivity index (χ0) is 12.3. The summed E-state index contributed by atoms with van der Waals surface area (Å²) in [5.74, 6) is 0.629. The number of benzene rings is 1. The van der Waals surface area contributed by atoms with Crippen LogP contribution in [0.25, 0.3) is 5.83 Å². The predicted molar refractivity (Wildman–Crippen MR) is 67.0 cm³/mol. The molecule has 0 unspecified atom stereocenters. The number of hydrogen-bond donors (Lipinski definition) is 0. The first-order valence-electron chi connectivity index (χ1n) is 6.27. The van der Waals surface area contributed by atoms with Crippen molar-refractivity contribution in [2.75, 3.05) is 0 Å². The van der Waals surface area contributed by atoms with E-state index in [1.54, 1.807) is 12.1 Å². The van der Waals surface area contributed by atoms with Gasteiger partial charge < -0.3 is 0 Å². The van der Waals surface area contributed by atoms with Crippen molar-refractivity contribution < 1.29 is 8.78 Å². The van der Waals surface area contributed by atoms with Crippen LogP contribution in [-0.4, -0.2) is 0 Å². The Bertz CT molecular complexity index is 384. The van der Waals surface area contributed by atoms with Crippen molar-refractivity contribution in [3.05, 3.63) is 41.7 Å². The Morgan fingerprint density at radius 3 is 2.24 bits per heavy atom. The molecule has 0 saturated heterocycles. The van der Waals surface area contributed by atoms with Gasteiger partial charge >= 0.3 is 0 Å². The summed E-state index contributed by atoms with van der Waals surface area (Å²) >= 11 is 0. The number of halogens is 2. The summed E-state index contributed by atoms with van der Waals surface area (Å²) < 4.78 is 25.0. The summed E-state index contributed by atoms with van der Waals surface area (Å²) in [5.41, 5.74) is 1.58. The first kappa shape index (κ1) is 12.3. The third-order valence-corrected chi connectivity index (χ3v) is 3.77. The van der Waals surface area contributed by atoms with Gasteiger partial charge in [-0.2, -0.15) is 0 Å². The standard InChI is InChI=1S/C15H18F2/c1-11-2-4-12(5-3-11)13-6-8-14(9-7-13)15(17)10-16/h6-12H,2-5H2,1H3. The van der Waals surface area contributed by atoms with Crippen LogP contribution in [0.3, 0.4) is 0 Å². The Morgan fingerprint density at radius 2 is 1.71 bits per heavy atom. The molecule has 0 nitrogen and oxygen atoms in total. The lowest BCUT2D eigenvalue weighted by Crippen LogP contribution is -2.10. The smallest absolute Gasteiger partial charge is 0.158 e. The zero-order valence-corrected chi connectivity index (χ0v) is 10.1. The van der Waals surface area contributed by atoms with Gasteiger partial charge in [-0.1, -0.05) is 44.0 Å². The van der Waals surface area contributed by atoms with Crippen molar-refractivity contribution in [2.24, 2.45) is 5.92 Å². The van der Waals surface area contributed by atoms with Gasteiger partial charge in [-0.05, 0) is 30.2 Å². The monoisotopic (exact) mass is 236 g/mol. The highest BCUT2D eigenvalue weighted by atomic mass is 19.2. The molecular weight excluding hydrogens is 218 g/mol. The molecule has 0 heterocycles. The first-order valence-corrected chi connectivity index (χ1v) is 6.27. The van der Waals surface area contributed by atoms with Crippen LogP contribution in [0, 0.1) is 5.92 Å². The lowest BCUT2D eigenvalue weighted by Gasteiger charge is -2.26. The second-order valence-corrected chi connectivity index (χ2v) is 5.04. The summed E-state index contributed by atoms with van der Waals surface area (Å²) in [6.45, 7) is 2.29. The molecule has 1 aromatic carbocycles. The molecule has 1 aromatic rings. The molecule has 92 valence electrons. The minimum atomic E-state index is -0.797. The maximum absolute atomic E-state index is 13.0. The largest absolute Gasteiger partial charge is 0.212 e. The van der Waals surface area contributed by atoms with Gasteiger partial charge in [0.15, 0.2) is 5.83 Å². The SMILES string of the molecule is CC1CCC(c2ccc(C(F)=CF)cc2)CC1. The van der Waals surface area contributed by atoms with E-state index in [0.29, 0.717) is 11.5 Å². The van der Waals surface area contributed by atoms with Crippen LogP contribution < -0.4 is 0 Å². The second kappa shape index (κ2) is 5.44. The Kier molecular flexibility index (Phi) is 3.93. The molecule has 1 saturated carbocycles. The average Bonchev–Trinajstić information content (AvgIpc) is 2.39. The lowest BCUT2D eigenvalue weighted by molar-refractivity contribution is 0.348. The Balaban J connectivity index is 2.08. The molecule has 0 amide bonds. The molecule has 0 aromatic heterocycles. The van der Waals surface area contributed by atoms with Crippen LogP contribution in [0.1, 0.15) is 49.7 Å². The summed E-state index contributed by atoms with van der Waals surface area (Å²) in [6.07, 6.45) is 4.97. The van der Waals surface area contributed by atoms with Gasteiger partial charge in [0.2, 0.25) is 0 Å². The summed E-state index contributed by atoms with van der Waals surface area (Å²) in [6, 6.07) is 7.19. The van der Waals surface area contributed by atoms with E-state index in [1.807, 2.05) is 12.1 Å². The van der Waals surface area contributed by atoms with Gasteiger partial charge in [-0.25, -0.2) is 8.78 Å². The van der Waals surface area contributed by atoms with E-state index in [4.69, 9.17) is 0 Å². The van der Waals surface area contributed by atoms with Crippen LogP contribution in [0.4, 0.5) is 8.78 Å². The number of hydrogen-bond acceptors (Lipinski definition) is 0. The van der Waals surface area contributed by atoms with E-state index in [-0.39, 0.29) is 6.33 Å². The Hall–Kier alpha value is -1.18. The van der Waals surface area contributed by atoms with Crippen molar-refractivity contribution in [3.8, 4) is 0 Å². The highest BCUT2D eigenvalue weighted by Crippen LogP contribution is 2.35. The maximum atomic E-state index is 13.0. The third-order valence-electron chi connectivity index (χ3n) is 3.77. The van der Waals surface area contributed by atoms with Crippen LogP contribution in [0.5, 0.6) is 0 Å². The molecule has 2 rings (SSSR count). The molecule has 17 heavy (non-hydrogen) atoms. The molecule has 1 aliphatic rings. The summed E-state index contributed by atoms with van der Waals surface area (Å²) in [5, 5.41) is 0. The van der Waals surface area contributed by atoms with E-state index in [1.165, 1.54) is 31.2 Å². The molecule has 0 aliphatic heterocycles. The van der Waals surface area contributed by atoms with Crippen molar-refractivity contribution >= 4 is 5.83 Å². The molecule has 1 fully saturated rings. The van der Waals surface area contributed by atoms with E-state index >= 15 is 0 Å². The Labute approximate surface area is 101 Å². The quantitative estimate of drug-likeness (QED) is 0.660. The van der Waals surface area contributed by atoms with Gasteiger partial charge in [0.1, 0.15) is 6.33 Å². The summed E-state index contributed by atoms with van der Waals surface area (Å²) in [7, 11) is 0. The molecule has 1 aliphatic carbocycles. The van der Waals surface area contributed by atoms with Gasteiger partial charge in [0.25, 0.3) is 0 Å². The van der Waals surface area contributed by atoms with Crippen molar-refractivity contribution in [3.63, 3.8) is 0 Å². The summed E-state index contributed by atoms with van der Waals surface area (Å²) in [4.78, 5) is 0. The highest BCUT2D eigenvalue weighted by molar-refractivity contribution is 5.58. The van der Waals surface area contributed by atoms with Crippen molar-refractivity contribution in [1.82, 2.24) is 0 Å². The fourth-order valence-corrected chi connectivity index (χ4v) is 2.57. The molecular formula is C15H18F2. The first-order chi connectivity index (χ1) is 8.20. The number of rotatable bonds is 2. The lowest BCUT2D eigenvalue weighted by atomic mass is 9.79. The fraction of sp³-hybridized carbons (Fsp3) is 0.467. The van der Waals surface area contributed by atoms with Gasteiger partial charge in [0, 0.05) is 5.56 Å². The van der Waals surface area contributed by atoms with Crippen LogP contribution >= 0.6 is 0 Å². The van der Waals surface area contributed by atoms with Crippen molar-refractivity contribution in [1.29, 1.82) is 0 Å². The topological polar surface area (TPSA) is 0 Å². The van der Waals surface area contributed by atoms with Gasteiger partial charge in [0.05, 0.1) is 0 Å². The van der Waals surface area contributed by atoms with E-state index < -0.39 is 5.83 Å². The van der Waals surface area contributed by atoms with Crippen molar-refractivity contribution in [2.45, 2.75) is 38.5 Å². The Morgan fingerprint density at radius 1 is 1.12 bits per heavy atom. The average molecular weight is 236 g/mol. The minimum absolute atomic E-state index is 0.0112. The molecule has 0 atom stereocenters. The fourth-order valence-electron chi connectivity index (χ4n) is 2.57. The zero-order valence-electron chi connectivity index (χ0n) is 10.1. The molecule has 2 heteroatoms. The van der Waals surface area contributed by atoms with Gasteiger partial charge in [-0.15, -0.1) is 0 Å². The normalized spacial score (nSPS) is 25.9. The predicted octanol–water partition coefficient (Wildman–Crippen LogP) is 5.22. The van der Waals surface area contributed by atoms with E-state index in [9.17, 15) is 8.78 Å². The second-order valence-electron chi connectivity index (χ2n) is 5.04. The molecule has 0 bridgehead atoms. The molecule has 0 spiro atoms. The third kappa shape index (κ3) is 2.93.